The lowest BCUT2D eigenvalue weighted by Gasteiger charge is -2.31. The van der Waals surface area contributed by atoms with Crippen LogP contribution in [0.5, 0.6) is 0 Å². The summed E-state index contributed by atoms with van der Waals surface area (Å²) in [6.07, 6.45) is 1.53. The van der Waals surface area contributed by atoms with Crippen LogP contribution < -0.4 is 5.32 Å². The van der Waals surface area contributed by atoms with E-state index >= 15 is 0 Å². The van der Waals surface area contributed by atoms with Crippen LogP contribution in [0.3, 0.4) is 0 Å². The van der Waals surface area contributed by atoms with Crippen LogP contribution in [0.2, 0.25) is 0 Å². The Morgan fingerprint density at radius 3 is 2.33 bits per heavy atom. The number of hydrogen-bond donors (Lipinski definition) is 1. The van der Waals surface area contributed by atoms with Gasteiger partial charge in [-0.15, -0.1) is 0 Å². The maximum absolute atomic E-state index is 6.04. The molecule has 0 spiro atoms. The molecule has 1 N–H and O–H groups in total. The topological polar surface area (TPSA) is 30.5 Å². The van der Waals surface area contributed by atoms with Crippen molar-refractivity contribution < 1.29 is 9.47 Å². The first kappa shape index (κ1) is 11.4. The number of nitrogens with one attached hydrogen (secondary N) is 1. The molecule has 2 saturated heterocycles. The second-order valence-corrected chi connectivity index (χ2v) is 5.98. The second kappa shape index (κ2) is 3.72. The lowest BCUT2D eigenvalue weighted by atomic mass is 9.88. The highest BCUT2D eigenvalue weighted by molar-refractivity contribution is 4.94. The molecule has 2 heterocycles. The average Bonchev–Trinajstić information content (AvgIpc) is 2.16. The standard InChI is InChI=1S/C12H23NO2/c1-11(2)5-9(12(3,4)15-11)8-14-10-6-13-7-10/h9-10,13H,5-8H2,1-4H3. The van der Waals surface area contributed by atoms with E-state index in [9.17, 15) is 0 Å². The van der Waals surface area contributed by atoms with Crippen LogP contribution in [-0.2, 0) is 9.47 Å². The molecule has 15 heavy (non-hydrogen) atoms. The van der Waals surface area contributed by atoms with Gasteiger partial charge in [0.15, 0.2) is 0 Å². The Labute approximate surface area is 92.5 Å². The van der Waals surface area contributed by atoms with Crippen molar-refractivity contribution >= 4 is 0 Å². The summed E-state index contributed by atoms with van der Waals surface area (Å²) in [5.74, 6) is 0.521. The van der Waals surface area contributed by atoms with Crippen LogP contribution in [0.15, 0.2) is 0 Å². The molecule has 0 aromatic rings. The van der Waals surface area contributed by atoms with Gasteiger partial charge in [0.05, 0.1) is 23.9 Å². The molecule has 0 radical (unpaired) electrons. The third kappa shape index (κ3) is 2.52. The highest BCUT2D eigenvalue weighted by atomic mass is 16.5. The molecule has 88 valence electrons. The van der Waals surface area contributed by atoms with Crippen LogP contribution in [0.1, 0.15) is 34.1 Å². The third-order valence-electron chi connectivity index (χ3n) is 3.54. The molecule has 2 aliphatic rings. The highest BCUT2D eigenvalue weighted by Gasteiger charge is 2.46. The van der Waals surface area contributed by atoms with E-state index in [4.69, 9.17) is 9.47 Å². The Bertz CT molecular complexity index is 234. The Morgan fingerprint density at radius 2 is 1.93 bits per heavy atom. The minimum absolute atomic E-state index is 0.00932. The van der Waals surface area contributed by atoms with Gasteiger partial charge < -0.3 is 14.8 Å². The van der Waals surface area contributed by atoms with Gasteiger partial charge in [0.2, 0.25) is 0 Å². The molecule has 0 saturated carbocycles. The van der Waals surface area contributed by atoms with E-state index in [1.54, 1.807) is 0 Å². The fourth-order valence-corrected chi connectivity index (χ4v) is 2.57. The second-order valence-electron chi connectivity index (χ2n) is 5.98. The van der Waals surface area contributed by atoms with Crippen LogP contribution in [0.25, 0.3) is 0 Å². The van der Waals surface area contributed by atoms with E-state index in [1.165, 1.54) is 0 Å². The first-order chi connectivity index (χ1) is 6.89. The van der Waals surface area contributed by atoms with Crippen molar-refractivity contribution in [2.75, 3.05) is 19.7 Å². The fraction of sp³-hybridized carbons (Fsp3) is 1.00. The number of rotatable bonds is 3. The zero-order chi connectivity index (χ0) is 11.1. The van der Waals surface area contributed by atoms with Gasteiger partial charge in [-0.3, -0.25) is 0 Å². The molecular weight excluding hydrogens is 190 g/mol. The summed E-state index contributed by atoms with van der Waals surface area (Å²) < 4.78 is 11.9. The molecule has 1 unspecified atom stereocenters. The van der Waals surface area contributed by atoms with Crippen molar-refractivity contribution in [3.63, 3.8) is 0 Å². The minimum Gasteiger partial charge on any atom is -0.375 e. The fourth-order valence-electron chi connectivity index (χ4n) is 2.57. The summed E-state index contributed by atoms with van der Waals surface area (Å²) >= 11 is 0. The molecule has 0 amide bonds. The molecule has 2 aliphatic heterocycles. The molecule has 1 atom stereocenters. The van der Waals surface area contributed by atoms with Crippen molar-refractivity contribution in [2.24, 2.45) is 5.92 Å². The summed E-state index contributed by atoms with van der Waals surface area (Å²) in [7, 11) is 0. The van der Waals surface area contributed by atoms with Crippen molar-refractivity contribution in [3.05, 3.63) is 0 Å². The molecule has 0 bridgehead atoms. The average molecular weight is 213 g/mol. The molecule has 3 nitrogen and oxygen atoms in total. The zero-order valence-corrected chi connectivity index (χ0v) is 10.3. The van der Waals surface area contributed by atoms with Crippen molar-refractivity contribution in [1.82, 2.24) is 5.32 Å². The maximum Gasteiger partial charge on any atom is 0.0823 e. The molecule has 0 aromatic carbocycles. The first-order valence-electron chi connectivity index (χ1n) is 5.91. The molecule has 0 aliphatic carbocycles. The van der Waals surface area contributed by atoms with Gasteiger partial charge in [-0.1, -0.05) is 0 Å². The van der Waals surface area contributed by atoms with Gasteiger partial charge in [-0.2, -0.15) is 0 Å². The largest absolute Gasteiger partial charge is 0.375 e. The molecule has 2 rings (SSSR count). The molecule has 2 fully saturated rings. The Morgan fingerprint density at radius 1 is 1.27 bits per heavy atom. The van der Waals surface area contributed by atoms with E-state index in [1.807, 2.05) is 0 Å². The van der Waals surface area contributed by atoms with Crippen LogP contribution in [0, 0.1) is 5.92 Å². The predicted octanol–water partition coefficient (Wildman–Crippen LogP) is 1.57. The van der Waals surface area contributed by atoms with E-state index in [0.717, 1.165) is 26.1 Å². The summed E-state index contributed by atoms with van der Waals surface area (Å²) in [6, 6.07) is 0. The number of hydrogen-bond acceptors (Lipinski definition) is 3. The normalized spacial score (nSPS) is 34.0. The van der Waals surface area contributed by atoms with Crippen molar-refractivity contribution in [3.8, 4) is 0 Å². The van der Waals surface area contributed by atoms with Gasteiger partial charge in [0, 0.05) is 19.0 Å². The maximum atomic E-state index is 6.04. The Balaban J connectivity index is 1.85. The van der Waals surface area contributed by atoms with Crippen molar-refractivity contribution in [2.45, 2.75) is 51.4 Å². The van der Waals surface area contributed by atoms with Crippen LogP contribution >= 0.6 is 0 Å². The van der Waals surface area contributed by atoms with E-state index in [2.05, 4.69) is 33.0 Å². The number of ether oxygens (including phenoxy) is 2. The lowest BCUT2D eigenvalue weighted by Crippen LogP contribution is -2.49. The smallest absolute Gasteiger partial charge is 0.0823 e. The molecular formula is C12H23NO2. The van der Waals surface area contributed by atoms with Gasteiger partial charge in [-0.25, -0.2) is 0 Å². The summed E-state index contributed by atoms with van der Waals surface area (Å²) in [6.45, 7) is 11.5. The quantitative estimate of drug-likeness (QED) is 0.772. The Hall–Kier alpha value is -0.120. The highest BCUT2D eigenvalue weighted by Crippen LogP contribution is 2.42. The van der Waals surface area contributed by atoms with Crippen LogP contribution in [-0.4, -0.2) is 37.0 Å². The summed E-state index contributed by atoms with van der Waals surface area (Å²) in [5, 5.41) is 3.22. The lowest BCUT2D eigenvalue weighted by molar-refractivity contribution is -0.0891. The summed E-state index contributed by atoms with van der Waals surface area (Å²) in [4.78, 5) is 0. The van der Waals surface area contributed by atoms with Crippen molar-refractivity contribution in [1.29, 1.82) is 0 Å². The summed E-state index contributed by atoms with van der Waals surface area (Å²) in [5.41, 5.74) is -0.0317. The van der Waals surface area contributed by atoms with Crippen LogP contribution in [0.4, 0.5) is 0 Å². The van der Waals surface area contributed by atoms with E-state index < -0.39 is 0 Å². The zero-order valence-electron chi connectivity index (χ0n) is 10.3. The third-order valence-corrected chi connectivity index (χ3v) is 3.54. The first-order valence-corrected chi connectivity index (χ1v) is 5.91. The monoisotopic (exact) mass is 213 g/mol. The SMILES string of the molecule is CC1(C)CC(COC2CNC2)C(C)(C)O1. The van der Waals surface area contributed by atoms with Gasteiger partial charge in [0.1, 0.15) is 0 Å². The predicted molar refractivity (Wildman–Crippen MR) is 60.0 cm³/mol. The molecule has 3 heteroatoms. The van der Waals surface area contributed by atoms with Gasteiger partial charge in [0.25, 0.3) is 0 Å². The molecule has 0 aromatic heterocycles. The Kier molecular flexibility index (Phi) is 2.82. The van der Waals surface area contributed by atoms with E-state index in [-0.39, 0.29) is 11.2 Å². The minimum atomic E-state index is -0.0410. The van der Waals surface area contributed by atoms with Gasteiger partial charge >= 0.3 is 0 Å². The van der Waals surface area contributed by atoms with E-state index in [0.29, 0.717) is 12.0 Å². The van der Waals surface area contributed by atoms with Gasteiger partial charge in [-0.05, 0) is 34.1 Å².